The highest BCUT2D eigenvalue weighted by Crippen LogP contribution is 2.39. The molecule has 0 amide bonds. The Morgan fingerprint density at radius 1 is 1.25 bits per heavy atom. The zero-order chi connectivity index (χ0) is 12.1. The number of hydrogen-bond donors (Lipinski definition) is 1. The van der Waals surface area contributed by atoms with Crippen LogP contribution in [0.3, 0.4) is 0 Å². The molecule has 1 heterocycles. The van der Waals surface area contributed by atoms with Crippen LogP contribution in [0.25, 0.3) is 5.57 Å². The van der Waals surface area contributed by atoms with Crippen molar-refractivity contribution in [3.05, 3.63) is 34.7 Å². The third kappa shape index (κ3) is 1.68. The molecule has 16 heavy (non-hydrogen) atoms. The van der Waals surface area contributed by atoms with Gasteiger partial charge in [0.2, 0.25) is 9.84 Å². The lowest BCUT2D eigenvalue weighted by atomic mass is 9.92. The summed E-state index contributed by atoms with van der Waals surface area (Å²) in [5.41, 5.74) is 0.821. The Kier molecular flexibility index (Phi) is 2.26. The molecule has 4 heteroatoms. The second kappa shape index (κ2) is 3.18. The Morgan fingerprint density at radius 2 is 1.88 bits per heavy atom. The fourth-order valence-corrected chi connectivity index (χ4v) is 3.53. The average molecular weight is 238 g/mol. The summed E-state index contributed by atoms with van der Waals surface area (Å²) in [6, 6.07) is 5.23. The van der Waals surface area contributed by atoms with Gasteiger partial charge in [-0.1, -0.05) is 12.1 Å². The van der Waals surface area contributed by atoms with E-state index in [0.29, 0.717) is 16.0 Å². The summed E-state index contributed by atoms with van der Waals surface area (Å²) < 4.78 is 23.7. The molecule has 0 saturated heterocycles. The molecule has 86 valence electrons. The predicted molar refractivity (Wildman–Crippen MR) is 62.6 cm³/mol. The number of aryl methyl sites for hydroxylation is 1. The molecule has 0 aromatic heterocycles. The minimum Gasteiger partial charge on any atom is -0.386 e. The van der Waals surface area contributed by atoms with E-state index in [1.54, 1.807) is 26.0 Å². The number of hydrogen-bond acceptors (Lipinski definition) is 3. The van der Waals surface area contributed by atoms with Crippen molar-refractivity contribution in [3.63, 3.8) is 0 Å². The Morgan fingerprint density at radius 3 is 2.44 bits per heavy atom. The number of fused-ring (bicyclic) bond motifs is 1. The molecule has 1 aromatic carbocycles. The van der Waals surface area contributed by atoms with Crippen molar-refractivity contribution in [2.75, 3.05) is 0 Å². The van der Waals surface area contributed by atoms with Crippen LogP contribution in [-0.2, 0) is 9.84 Å². The molecule has 0 bridgehead atoms. The lowest BCUT2D eigenvalue weighted by Crippen LogP contribution is -2.19. The average Bonchev–Trinajstić information content (AvgIpc) is 2.38. The van der Waals surface area contributed by atoms with Crippen molar-refractivity contribution in [2.45, 2.75) is 31.3 Å². The fraction of sp³-hybridized carbons (Fsp3) is 0.333. The largest absolute Gasteiger partial charge is 0.386 e. The highest BCUT2D eigenvalue weighted by Gasteiger charge is 2.33. The smallest absolute Gasteiger partial charge is 0.200 e. The summed E-state index contributed by atoms with van der Waals surface area (Å²) in [5, 5.41) is 11.1. The molecule has 1 aliphatic heterocycles. The van der Waals surface area contributed by atoms with Crippen LogP contribution in [0.4, 0.5) is 0 Å². The summed E-state index contributed by atoms with van der Waals surface area (Å²) in [5.74, 6) is 0. The lowest BCUT2D eigenvalue weighted by Gasteiger charge is -2.19. The topological polar surface area (TPSA) is 54.4 Å². The van der Waals surface area contributed by atoms with Gasteiger partial charge in [-0.25, -0.2) is 8.42 Å². The van der Waals surface area contributed by atoms with Crippen LogP contribution in [0.15, 0.2) is 28.5 Å². The molecule has 1 aliphatic rings. The molecular formula is C12H14O3S. The molecule has 0 unspecified atom stereocenters. The first kappa shape index (κ1) is 11.4. The maximum Gasteiger partial charge on any atom is 0.200 e. The van der Waals surface area contributed by atoms with Crippen molar-refractivity contribution in [1.29, 1.82) is 0 Å². The summed E-state index contributed by atoms with van der Waals surface area (Å²) in [6.45, 7) is 5.02. The Hall–Kier alpha value is -1.13. The van der Waals surface area contributed by atoms with Gasteiger partial charge in [-0.05, 0) is 32.4 Å². The molecule has 0 aliphatic carbocycles. The van der Waals surface area contributed by atoms with Crippen LogP contribution < -0.4 is 0 Å². The first-order chi connectivity index (χ1) is 7.22. The monoisotopic (exact) mass is 238 g/mol. The Bertz CT molecular complexity index is 575. The van der Waals surface area contributed by atoms with Gasteiger partial charge >= 0.3 is 0 Å². The third-order valence-corrected chi connectivity index (χ3v) is 4.16. The van der Waals surface area contributed by atoms with E-state index >= 15 is 0 Å². The van der Waals surface area contributed by atoms with Gasteiger partial charge in [0.05, 0.1) is 10.5 Å². The standard InChI is InChI=1S/C12H14O3S/c1-8-4-5-9-10(12(2,3)13)7-16(14,15)11(9)6-8/h4-7,13H,1-3H3. The molecule has 3 nitrogen and oxygen atoms in total. The van der Waals surface area contributed by atoms with E-state index in [0.717, 1.165) is 11.0 Å². The molecular weight excluding hydrogens is 224 g/mol. The van der Waals surface area contributed by atoms with Gasteiger partial charge in [0.1, 0.15) is 0 Å². The van der Waals surface area contributed by atoms with Gasteiger partial charge in [0.25, 0.3) is 0 Å². The van der Waals surface area contributed by atoms with E-state index in [1.165, 1.54) is 0 Å². The van der Waals surface area contributed by atoms with Crippen molar-refractivity contribution in [3.8, 4) is 0 Å². The van der Waals surface area contributed by atoms with Gasteiger partial charge in [-0.3, -0.25) is 0 Å². The SMILES string of the molecule is Cc1ccc2c(c1)S(=O)(=O)C=C2C(C)(C)O. The maximum atomic E-state index is 11.9. The minimum atomic E-state index is -3.38. The number of sulfone groups is 1. The second-order valence-electron chi connectivity index (χ2n) is 4.64. The van der Waals surface area contributed by atoms with Crippen molar-refractivity contribution >= 4 is 15.4 Å². The summed E-state index contributed by atoms with van der Waals surface area (Å²) in [6.07, 6.45) is 0. The Balaban J connectivity index is 2.75. The zero-order valence-corrected chi connectivity index (χ0v) is 10.3. The van der Waals surface area contributed by atoms with E-state index < -0.39 is 15.4 Å². The van der Waals surface area contributed by atoms with Crippen molar-refractivity contribution in [2.24, 2.45) is 0 Å². The number of aliphatic hydroxyl groups is 1. The highest BCUT2D eigenvalue weighted by molar-refractivity contribution is 7.95. The van der Waals surface area contributed by atoms with Crippen LogP contribution in [0.5, 0.6) is 0 Å². The first-order valence-corrected chi connectivity index (χ1v) is 6.57. The van der Waals surface area contributed by atoms with Crippen LogP contribution >= 0.6 is 0 Å². The Labute approximate surface area is 95.3 Å². The van der Waals surface area contributed by atoms with E-state index in [2.05, 4.69) is 0 Å². The number of benzene rings is 1. The van der Waals surface area contributed by atoms with E-state index in [-0.39, 0.29) is 0 Å². The van der Waals surface area contributed by atoms with Gasteiger partial charge < -0.3 is 5.11 Å². The molecule has 0 atom stereocenters. The number of rotatable bonds is 1. The normalized spacial score (nSPS) is 18.1. The second-order valence-corrected chi connectivity index (χ2v) is 6.40. The van der Waals surface area contributed by atoms with Crippen molar-refractivity contribution < 1.29 is 13.5 Å². The predicted octanol–water partition coefficient (Wildman–Crippen LogP) is 1.89. The molecule has 2 rings (SSSR count). The van der Waals surface area contributed by atoms with Crippen LogP contribution in [0, 0.1) is 6.92 Å². The maximum absolute atomic E-state index is 11.9. The molecule has 1 N–H and O–H groups in total. The minimum absolute atomic E-state index is 0.296. The summed E-state index contributed by atoms with van der Waals surface area (Å²) in [4.78, 5) is 0.296. The van der Waals surface area contributed by atoms with Gasteiger partial charge in [0, 0.05) is 16.5 Å². The van der Waals surface area contributed by atoms with Crippen molar-refractivity contribution in [1.82, 2.24) is 0 Å². The van der Waals surface area contributed by atoms with E-state index in [4.69, 9.17) is 0 Å². The van der Waals surface area contributed by atoms with Gasteiger partial charge in [-0.15, -0.1) is 0 Å². The summed E-state index contributed by atoms with van der Waals surface area (Å²) >= 11 is 0. The van der Waals surface area contributed by atoms with Gasteiger partial charge in [0.15, 0.2) is 0 Å². The quantitative estimate of drug-likeness (QED) is 0.813. The van der Waals surface area contributed by atoms with Crippen LogP contribution in [-0.4, -0.2) is 19.1 Å². The first-order valence-electron chi connectivity index (χ1n) is 5.02. The molecule has 0 radical (unpaired) electrons. The van der Waals surface area contributed by atoms with Gasteiger partial charge in [-0.2, -0.15) is 0 Å². The molecule has 0 spiro atoms. The van der Waals surface area contributed by atoms with Crippen LogP contribution in [0.2, 0.25) is 0 Å². The summed E-state index contributed by atoms with van der Waals surface area (Å²) in [7, 11) is -3.38. The fourth-order valence-electron chi connectivity index (χ4n) is 1.84. The lowest BCUT2D eigenvalue weighted by molar-refractivity contribution is 0.144. The molecule has 0 saturated carbocycles. The zero-order valence-electron chi connectivity index (χ0n) is 9.48. The molecule has 1 aromatic rings. The van der Waals surface area contributed by atoms with E-state index in [9.17, 15) is 13.5 Å². The highest BCUT2D eigenvalue weighted by atomic mass is 32.2. The van der Waals surface area contributed by atoms with E-state index in [1.807, 2.05) is 13.0 Å². The third-order valence-electron chi connectivity index (χ3n) is 2.67. The van der Waals surface area contributed by atoms with Crippen LogP contribution in [0.1, 0.15) is 25.0 Å². The molecule has 0 fully saturated rings.